The molecule has 0 radical (unpaired) electrons. The summed E-state index contributed by atoms with van der Waals surface area (Å²) in [5.41, 5.74) is 0.124. The van der Waals surface area contributed by atoms with Crippen molar-refractivity contribution < 1.29 is 14.3 Å². The summed E-state index contributed by atoms with van der Waals surface area (Å²) < 4.78 is 5.91. The molecule has 25 heavy (non-hydrogen) atoms. The molecule has 2 aromatic rings. The minimum atomic E-state index is -0.763. The first-order valence-electron chi connectivity index (χ1n) is 7.89. The lowest BCUT2D eigenvalue weighted by molar-refractivity contribution is -0.146. The quantitative estimate of drug-likeness (QED) is 0.788. The van der Waals surface area contributed by atoms with Crippen molar-refractivity contribution in [1.29, 1.82) is 0 Å². The van der Waals surface area contributed by atoms with Crippen molar-refractivity contribution >= 4 is 34.4 Å². The van der Waals surface area contributed by atoms with Gasteiger partial charge in [0.2, 0.25) is 5.91 Å². The van der Waals surface area contributed by atoms with Gasteiger partial charge in [-0.2, -0.15) is 0 Å². The Hall–Kier alpha value is -2.41. The Balaban J connectivity index is 2.22. The lowest BCUT2D eigenvalue weighted by Gasteiger charge is -2.22. The van der Waals surface area contributed by atoms with E-state index in [1.807, 2.05) is 13.8 Å². The van der Waals surface area contributed by atoms with E-state index in [2.05, 4.69) is 10.3 Å². The average molecular weight is 366 g/mol. The van der Waals surface area contributed by atoms with Crippen LogP contribution in [-0.2, 0) is 20.9 Å². The van der Waals surface area contributed by atoms with Crippen molar-refractivity contribution in [3.8, 4) is 0 Å². The van der Waals surface area contributed by atoms with Gasteiger partial charge in [0.1, 0.15) is 12.6 Å². The van der Waals surface area contributed by atoms with E-state index in [-0.39, 0.29) is 18.0 Å². The first kappa shape index (κ1) is 18.9. The zero-order valence-corrected chi connectivity index (χ0v) is 15.0. The number of carbonyl (C=O) groups excluding carboxylic acids is 2. The second-order valence-electron chi connectivity index (χ2n) is 5.79. The molecule has 0 aliphatic heterocycles. The molecule has 1 N–H and O–H groups in total. The molecule has 0 aliphatic rings. The number of hydrogen-bond donors (Lipinski definition) is 1. The van der Waals surface area contributed by atoms with E-state index in [4.69, 9.17) is 16.3 Å². The minimum Gasteiger partial charge on any atom is -0.467 e. The largest absolute Gasteiger partial charge is 0.467 e. The number of nitrogens with one attached hydrogen (secondary N) is 1. The monoisotopic (exact) mass is 365 g/mol. The third-order valence-corrected chi connectivity index (χ3v) is 4.32. The Morgan fingerprint density at radius 3 is 2.76 bits per heavy atom. The van der Waals surface area contributed by atoms with Crippen LogP contribution < -0.4 is 10.9 Å². The fraction of sp³-hybridized carbons (Fsp3) is 0.412. The smallest absolute Gasteiger partial charge is 0.328 e. The van der Waals surface area contributed by atoms with E-state index < -0.39 is 17.9 Å². The third-order valence-electron chi connectivity index (χ3n) is 4.08. The average Bonchev–Trinajstić information content (AvgIpc) is 2.61. The molecule has 1 heterocycles. The molecular weight excluding hydrogens is 346 g/mol. The number of methoxy groups -OCH3 is 1. The number of rotatable bonds is 6. The topological polar surface area (TPSA) is 90.3 Å². The van der Waals surface area contributed by atoms with E-state index in [1.54, 1.807) is 12.1 Å². The summed E-state index contributed by atoms with van der Waals surface area (Å²) >= 11 is 5.91. The number of nitrogens with zero attached hydrogens (tertiary/aromatic N) is 2. The second kappa shape index (κ2) is 8.11. The van der Waals surface area contributed by atoms with Gasteiger partial charge in [0, 0.05) is 5.02 Å². The summed E-state index contributed by atoms with van der Waals surface area (Å²) in [6, 6.07) is 4.03. The minimum absolute atomic E-state index is 0.0957. The molecule has 1 amide bonds. The lowest BCUT2D eigenvalue weighted by Crippen LogP contribution is -2.47. The maximum absolute atomic E-state index is 12.5. The Labute approximate surface area is 149 Å². The van der Waals surface area contributed by atoms with E-state index in [9.17, 15) is 14.4 Å². The first-order valence-corrected chi connectivity index (χ1v) is 8.27. The van der Waals surface area contributed by atoms with Crippen LogP contribution in [0.4, 0.5) is 0 Å². The van der Waals surface area contributed by atoms with Crippen LogP contribution >= 0.6 is 11.6 Å². The Bertz CT molecular complexity index is 849. The molecule has 2 rings (SSSR count). The zero-order chi connectivity index (χ0) is 18.6. The molecule has 7 nitrogen and oxygen atoms in total. The van der Waals surface area contributed by atoms with Gasteiger partial charge in [0.15, 0.2) is 0 Å². The van der Waals surface area contributed by atoms with Crippen molar-refractivity contribution in [2.24, 2.45) is 5.92 Å². The van der Waals surface area contributed by atoms with Gasteiger partial charge in [-0.05, 0) is 24.1 Å². The van der Waals surface area contributed by atoms with E-state index in [0.717, 1.165) is 0 Å². The molecule has 1 aromatic heterocycles. The van der Waals surface area contributed by atoms with Crippen LogP contribution in [0.3, 0.4) is 0 Å². The number of esters is 1. The van der Waals surface area contributed by atoms with Crippen molar-refractivity contribution in [1.82, 2.24) is 14.9 Å². The van der Waals surface area contributed by atoms with E-state index in [1.165, 1.54) is 24.1 Å². The highest BCUT2D eigenvalue weighted by Gasteiger charge is 2.26. The van der Waals surface area contributed by atoms with Gasteiger partial charge in [0.05, 0.1) is 24.3 Å². The lowest BCUT2D eigenvalue weighted by atomic mass is 9.99. The third kappa shape index (κ3) is 4.36. The predicted molar refractivity (Wildman–Crippen MR) is 94.4 cm³/mol. The van der Waals surface area contributed by atoms with Crippen LogP contribution in [-0.4, -0.2) is 34.6 Å². The highest BCUT2D eigenvalue weighted by molar-refractivity contribution is 6.31. The van der Waals surface area contributed by atoms with Gasteiger partial charge in [-0.1, -0.05) is 31.9 Å². The fourth-order valence-electron chi connectivity index (χ4n) is 2.41. The van der Waals surface area contributed by atoms with Crippen molar-refractivity contribution in [3.63, 3.8) is 0 Å². The van der Waals surface area contributed by atoms with Gasteiger partial charge in [-0.15, -0.1) is 0 Å². The molecule has 2 atom stereocenters. The SMILES string of the molecule is CC[C@@H](C)[C@@H](NC(=O)Cn1cnc2ccc(Cl)cc2c1=O)C(=O)OC. The van der Waals surface area contributed by atoms with Crippen molar-refractivity contribution in [3.05, 3.63) is 39.9 Å². The molecule has 8 heteroatoms. The molecule has 0 fully saturated rings. The maximum Gasteiger partial charge on any atom is 0.328 e. The number of hydrogen-bond acceptors (Lipinski definition) is 5. The molecule has 1 aromatic carbocycles. The summed E-state index contributed by atoms with van der Waals surface area (Å²) in [5.74, 6) is -1.08. The number of halogens is 1. The van der Waals surface area contributed by atoms with Crippen LogP contribution in [0.5, 0.6) is 0 Å². The second-order valence-corrected chi connectivity index (χ2v) is 6.23. The van der Waals surface area contributed by atoms with E-state index >= 15 is 0 Å². The molecule has 0 bridgehead atoms. The van der Waals surface area contributed by atoms with Gasteiger partial charge in [-0.25, -0.2) is 9.78 Å². The summed E-state index contributed by atoms with van der Waals surface area (Å²) in [4.78, 5) is 40.8. The van der Waals surface area contributed by atoms with Crippen LogP contribution in [0, 0.1) is 5.92 Å². The molecule has 0 saturated carbocycles. The summed E-state index contributed by atoms with van der Waals surface area (Å²) in [6.07, 6.45) is 1.99. The number of ether oxygens (including phenoxy) is 1. The van der Waals surface area contributed by atoms with Crippen LogP contribution in [0.25, 0.3) is 10.9 Å². The maximum atomic E-state index is 12.5. The van der Waals surface area contributed by atoms with Crippen molar-refractivity contribution in [2.75, 3.05) is 7.11 Å². The fourth-order valence-corrected chi connectivity index (χ4v) is 2.59. The van der Waals surface area contributed by atoms with Crippen molar-refractivity contribution in [2.45, 2.75) is 32.9 Å². The Morgan fingerprint density at radius 2 is 2.12 bits per heavy atom. The predicted octanol–water partition coefficient (Wildman–Crippen LogP) is 1.75. The Morgan fingerprint density at radius 1 is 1.40 bits per heavy atom. The summed E-state index contributed by atoms with van der Waals surface area (Å²) in [7, 11) is 1.27. The van der Waals surface area contributed by atoms with Gasteiger partial charge >= 0.3 is 5.97 Å². The number of amides is 1. The molecule has 0 unspecified atom stereocenters. The highest BCUT2D eigenvalue weighted by atomic mass is 35.5. The van der Waals surface area contributed by atoms with E-state index in [0.29, 0.717) is 22.3 Å². The molecule has 0 aliphatic carbocycles. The van der Waals surface area contributed by atoms with Crippen LogP contribution in [0.2, 0.25) is 5.02 Å². The van der Waals surface area contributed by atoms with Gasteiger partial charge in [-0.3, -0.25) is 14.2 Å². The molecular formula is C17H20ClN3O4. The number of benzene rings is 1. The highest BCUT2D eigenvalue weighted by Crippen LogP contribution is 2.14. The van der Waals surface area contributed by atoms with Gasteiger partial charge in [0.25, 0.3) is 5.56 Å². The first-order chi connectivity index (χ1) is 11.9. The standard InChI is InChI=1S/C17H20ClN3O4/c1-4-10(2)15(17(24)25-3)20-14(22)8-21-9-19-13-6-5-11(18)7-12(13)16(21)23/h5-7,9-10,15H,4,8H2,1-3H3,(H,20,22)/t10-,15-/m1/s1. The number of aromatic nitrogens is 2. The van der Waals surface area contributed by atoms with Crippen LogP contribution in [0.15, 0.2) is 29.3 Å². The van der Waals surface area contributed by atoms with Gasteiger partial charge < -0.3 is 10.1 Å². The number of fused-ring (bicyclic) bond motifs is 1. The zero-order valence-electron chi connectivity index (χ0n) is 14.3. The Kier molecular flexibility index (Phi) is 6.14. The summed E-state index contributed by atoms with van der Waals surface area (Å²) in [5, 5.41) is 3.37. The molecule has 134 valence electrons. The molecule has 0 spiro atoms. The number of carbonyl (C=O) groups is 2. The molecule has 0 saturated heterocycles. The summed E-state index contributed by atoms with van der Waals surface area (Å²) in [6.45, 7) is 3.50. The van der Waals surface area contributed by atoms with Crippen LogP contribution in [0.1, 0.15) is 20.3 Å². The normalized spacial score (nSPS) is 13.3.